The van der Waals surface area contributed by atoms with Gasteiger partial charge in [0.25, 0.3) is 0 Å². The molecule has 0 aromatic heterocycles. The Labute approximate surface area is 197 Å². The minimum absolute atomic E-state index is 0.0535. The highest BCUT2D eigenvalue weighted by Crippen LogP contribution is 2.03. The zero-order valence-corrected chi connectivity index (χ0v) is 19.3. The maximum absolute atomic E-state index is 12.7. The Morgan fingerprint density at radius 2 is 1.45 bits per heavy atom. The Bertz CT molecular complexity index is 676. The summed E-state index contributed by atoms with van der Waals surface area (Å²) in [4.78, 5) is 52.4. The van der Waals surface area contributed by atoms with Crippen LogP contribution in [0.15, 0.2) is 4.99 Å². The molecule has 0 spiro atoms. The van der Waals surface area contributed by atoms with Crippen molar-refractivity contribution in [3.05, 3.63) is 0 Å². The smallest absolute Gasteiger partial charge is 0.328 e. The molecule has 15 heteroatoms. The first-order chi connectivity index (χ1) is 15.6. The van der Waals surface area contributed by atoms with E-state index in [0.29, 0.717) is 25.8 Å². The van der Waals surface area contributed by atoms with Gasteiger partial charge in [-0.05, 0) is 32.2 Å². The van der Waals surface area contributed by atoms with Gasteiger partial charge >= 0.3 is 5.97 Å². The van der Waals surface area contributed by atoms with Gasteiger partial charge in [-0.25, -0.2) is 4.79 Å². The number of aliphatic hydroxyl groups is 1. The number of nitrogens with zero attached hydrogens (tertiary/aromatic N) is 1. The highest BCUT2D eigenvalue weighted by atomic mass is 32.1. The van der Waals surface area contributed by atoms with Gasteiger partial charge in [-0.3, -0.25) is 19.4 Å². The van der Waals surface area contributed by atoms with Crippen molar-refractivity contribution in [2.75, 3.05) is 25.4 Å². The van der Waals surface area contributed by atoms with Crippen LogP contribution in [0.4, 0.5) is 0 Å². The summed E-state index contributed by atoms with van der Waals surface area (Å²) in [6, 6.07) is -4.67. The molecule has 0 saturated heterocycles. The van der Waals surface area contributed by atoms with Crippen LogP contribution in [0, 0.1) is 0 Å². The van der Waals surface area contributed by atoms with Crippen LogP contribution < -0.4 is 38.9 Å². The van der Waals surface area contributed by atoms with E-state index >= 15 is 0 Å². The number of amides is 3. The second-order valence-corrected chi connectivity index (χ2v) is 7.59. The Hall–Kier alpha value is -2.62. The SMILES string of the molecule is NCCCCC(N)C(=O)NC(CS)C(=O)NC(CCCN=C(N)N)C(=O)NC(CO)C(=O)O. The lowest BCUT2D eigenvalue weighted by molar-refractivity contribution is -0.143. The third kappa shape index (κ3) is 12.9. The van der Waals surface area contributed by atoms with Crippen molar-refractivity contribution < 1.29 is 29.4 Å². The number of carboxylic acids is 1. The fourth-order valence-electron chi connectivity index (χ4n) is 2.62. The average molecular weight is 493 g/mol. The van der Waals surface area contributed by atoms with Crippen molar-refractivity contribution in [2.45, 2.75) is 56.3 Å². The second-order valence-electron chi connectivity index (χ2n) is 7.23. The summed E-state index contributed by atoms with van der Waals surface area (Å²) in [5.74, 6) is -3.78. The van der Waals surface area contributed by atoms with Crippen molar-refractivity contribution in [3.63, 3.8) is 0 Å². The Morgan fingerprint density at radius 3 is 1.97 bits per heavy atom. The molecule has 0 bridgehead atoms. The number of aliphatic hydroxyl groups excluding tert-OH is 1. The maximum Gasteiger partial charge on any atom is 0.328 e. The topological polar surface area (TPSA) is 261 Å². The number of carboxylic acid groups (broad SMARTS) is 1. The predicted octanol–water partition coefficient (Wildman–Crippen LogP) is -4.04. The monoisotopic (exact) mass is 492 g/mol. The van der Waals surface area contributed by atoms with Crippen LogP contribution in [0.3, 0.4) is 0 Å². The van der Waals surface area contributed by atoms with Gasteiger partial charge in [0.2, 0.25) is 17.7 Å². The van der Waals surface area contributed by atoms with E-state index in [1.807, 2.05) is 0 Å². The first kappa shape index (κ1) is 30.4. The Morgan fingerprint density at radius 1 is 0.879 bits per heavy atom. The van der Waals surface area contributed by atoms with Crippen LogP contribution in [0.2, 0.25) is 0 Å². The van der Waals surface area contributed by atoms with E-state index in [0.717, 1.165) is 0 Å². The van der Waals surface area contributed by atoms with Gasteiger partial charge in [-0.15, -0.1) is 0 Å². The Kier molecular flexibility index (Phi) is 15.6. The van der Waals surface area contributed by atoms with Crippen LogP contribution >= 0.6 is 12.6 Å². The molecule has 0 saturated carbocycles. The molecule has 13 N–H and O–H groups in total. The number of aliphatic imine (C=N–C) groups is 1. The molecule has 3 amide bonds. The van der Waals surface area contributed by atoms with Gasteiger partial charge in [0, 0.05) is 12.3 Å². The number of guanidine groups is 1. The summed E-state index contributed by atoms with van der Waals surface area (Å²) in [6.45, 7) is -0.205. The number of carbonyl (C=O) groups is 4. The fourth-order valence-corrected chi connectivity index (χ4v) is 2.87. The Balaban J connectivity index is 5.19. The summed E-state index contributed by atoms with van der Waals surface area (Å²) >= 11 is 4.07. The largest absolute Gasteiger partial charge is 0.480 e. The molecule has 0 aliphatic carbocycles. The molecular formula is C18H36N8O6S. The lowest BCUT2D eigenvalue weighted by atomic mass is 10.1. The van der Waals surface area contributed by atoms with Gasteiger partial charge in [0.1, 0.15) is 18.1 Å². The lowest BCUT2D eigenvalue weighted by Crippen LogP contribution is -2.58. The van der Waals surface area contributed by atoms with E-state index in [1.54, 1.807) is 0 Å². The standard InChI is InChI=1S/C18H36N8O6S/c19-6-2-1-4-10(20)14(28)26-13(9-33)16(30)24-11(5-3-7-23-18(21)22)15(29)25-12(8-27)17(31)32/h10-13,27,33H,1-9,19-20H2,(H,24,30)(H,25,29)(H,26,28)(H,31,32)(H4,21,22,23). The summed E-state index contributed by atoms with van der Waals surface area (Å²) < 4.78 is 0. The molecule has 0 aliphatic rings. The van der Waals surface area contributed by atoms with E-state index in [-0.39, 0.29) is 31.1 Å². The summed E-state index contributed by atoms with van der Waals surface area (Å²) in [5.41, 5.74) is 21.8. The zero-order chi connectivity index (χ0) is 25.4. The minimum Gasteiger partial charge on any atom is -0.480 e. The third-order valence-electron chi connectivity index (χ3n) is 4.50. The van der Waals surface area contributed by atoms with Crippen LogP contribution in [0.5, 0.6) is 0 Å². The fraction of sp³-hybridized carbons (Fsp3) is 0.722. The highest BCUT2D eigenvalue weighted by Gasteiger charge is 2.29. The number of thiol groups is 1. The van der Waals surface area contributed by atoms with E-state index in [9.17, 15) is 19.2 Å². The van der Waals surface area contributed by atoms with E-state index < -0.39 is 54.5 Å². The predicted molar refractivity (Wildman–Crippen MR) is 125 cm³/mol. The third-order valence-corrected chi connectivity index (χ3v) is 4.86. The van der Waals surface area contributed by atoms with Crippen molar-refractivity contribution >= 4 is 42.3 Å². The highest BCUT2D eigenvalue weighted by molar-refractivity contribution is 7.80. The quantitative estimate of drug-likeness (QED) is 0.0406. The molecule has 0 radical (unpaired) electrons. The zero-order valence-electron chi connectivity index (χ0n) is 18.4. The van der Waals surface area contributed by atoms with Crippen LogP contribution in [0.25, 0.3) is 0 Å². The maximum atomic E-state index is 12.7. The normalized spacial score (nSPS) is 14.3. The van der Waals surface area contributed by atoms with Gasteiger partial charge in [0.15, 0.2) is 5.96 Å². The van der Waals surface area contributed by atoms with Gasteiger partial charge in [-0.1, -0.05) is 6.42 Å². The molecule has 0 aromatic rings. The molecule has 4 unspecified atom stereocenters. The molecular weight excluding hydrogens is 456 g/mol. The number of hydrogen-bond donors (Lipinski definition) is 10. The first-order valence-electron chi connectivity index (χ1n) is 10.4. The number of aliphatic carboxylic acids is 1. The number of nitrogens with two attached hydrogens (primary N) is 4. The number of carbonyl (C=O) groups excluding carboxylic acids is 3. The van der Waals surface area contributed by atoms with Crippen molar-refractivity contribution in [1.82, 2.24) is 16.0 Å². The lowest BCUT2D eigenvalue weighted by Gasteiger charge is -2.24. The minimum atomic E-state index is -1.55. The van der Waals surface area contributed by atoms with Crippen molar-refractivity contribution in [3.8, 4) is 0 Å². The van der Waals surface area contributed by atoms with Gasteiger partial charge in [-0.2, -0.15) is 12.6 Å². The van der Waals surface area contributed by atoms with E-state index in [2.05, 4.69) is 33.6 Å². The van der Waals surface area contributed by atoms with E-state index in [1.165, 1.54) is 0 Å². The van der Waals surface area contributed by atoms with Crippen molar-refractivity contribution in [1.29, 1.82) is 0 Å². The molecule has 0 rings (SSSR count). The van der Waals surface area contributed by atoms with Crippen LogP contribution in [0.1, 0.15) is 32.1 Å². The molecule has 190 valence electrons. The second kappa shape index (κ2) is 16.9. The van der Waals surface area contributed by atoms with E-state index in [4.69, 9.17) is 33.1 Å². The van der Waals surface area contributed by atoms with Gasteiger partial charge in [0.05, 0.1) is 12.6 Å². The number of hydrogen-bond acceptors (Lipinski definition) is 9. The summed E-state index contributed by atoms with van der Waals surface area (Å²) in [7, 11) is 0. The average Bonchev–Trinajstić information content (AvgIpc) is 2.76. The van der Waals surface area contributed by atoms with Crippen LogP contribution in [-0.2, 0) is 19.2 Å². The van der Waals surface area contributed by atoms with Crippen LogP contribution in [-0.4, -0.2) is 89.5 Å². The molecule has 0 heterocycles. The molecule has 4 atom stereocenters. The molecule has 0 aromatic carbocycles. The molecule has 0 aliphatic heterocycles. The number of nitrogens with one attached hydrogen (secondary N) is 3. The van der Waals surface area contributed by atoms with Crippen molar-refractivity contribution in [2.24, 2.45) is 27.9 Å². The summed E-state index contributed by atoms with van der Waals surface area (Å²) in [5, 5.41) is 25.3. The molecule has 14 nitrogen and oxygen atoms in total. The van der Waals surface area contributed by atoms with Gasteiger partial charge < -0.3 is 49.1 Å². The number of unbranched alkanes of at least 4 members (excludes halogenated alkanes) is 1. The number of rotatable bonds is 17. The molecule has 0 fully saturated rings. The summed E-state index contributed by atoms with van der Waals surface area (Å²) in [6.07, 6.45) is 2.07. The first-order valence-corrected chi connectivity index (χ1v) is 11.1. The molecule has 33 heavy (non-hydrogen) atoms.